The van der Waals surface area contributed by atoms with E-state index in [0.29, 0.717) is 19.6 Å². The van der Waals surface area contributed by atoms with E-state index in [1.165, 1.54) is 0 Å². The predicted molar refractivity (Wildman–Crippen MR) is 64.2 cm³/mol. The molecule has 1 aliphatic rings. The Kier molecular flexibility index (Phi) is 3.42. The number of carbonyl (C=O) groups is 2. The van der Waals surface area contributed by atoms with Gasteiger partial charge in [-0.25, -0.2) is 0 Å². The summed E-state index contributed by atoms with van der Waals surface area (Å²) in [5.41, 5.74) is 0.799. The molecule has 0 aliphatic carbocycles. The first-order valence-electron chi connectivity index (χ1n) is 5.75. The summed E-state index contributed by atoms with van der Waals surface area (Å²) in [7, 11) is 0. The van der Waals surface area contributed by atoms with Crippen LogP contribution in [0, 0.1) is 0 Å². The fourth-order valence-electron chi connectivity index (χ4n) is 1.89. The molecular formula is C13H15NO3. The van der Waals surface area contributed by atoms with E-state index in [1.54, 1.807) is 4.90 Å². The highest BCUT2D eigenvalue weighted by atomic mass is 16.5. The molecule has 1 aromatic carbocycles. The van der Waals surface area contributed by atoms with Gasteiger partial charge in [-0.15, -0.1) is 0 Å². The molecule has 1 heterocycles. The number of benzene rings is 1. The quantitative estimate of drug-likeness (QED) is 0.748. The van der Waals surface area contributed by atoms with Crippen LogP contribution in [0.3, 0.4) is 0 Å². The van der Waals surface area contributed by atoms with Crippen LogP contribution in [0.5, 0.6) is 5.75 Å². The molecule has 1 aliphatic heterocycles. The summed E-state index contributed by atoms with van der Waals surface area (Å²) in [6, 6.07) is 7.39. The van der Waals surface area contributed by atoms with Crippen LogP contribution in [-0.4, -0.2) is 24.8 Å². The number of Topliss-reactive ketones (excluding diaryl/α,β-unsaturated/α-hetero) is 1. The van der Waals surface area contributed by atoms with Gasteiger partial charge in [-0.05, 0) is 19.1 Å². The monoisotopic (exact) mass is 233 g/mol. The fourth-order valence-corrected chi connectivity index (χ4v) is 1.89. The first-order valence-corrected chi connectivity index (χ1v) is 5.75. The van der Waals surface area contributed by atoms with Gasteiger partial charge in [-0.2, -0.15) is 0 Å². The van der Waals surface area contributed by atoms with E-state index in [9.17, 15) is 9.59 Å². The molecule has 0 bridgehead atoms. The van der Waals surface area contributed by atoms with Crippen LogP contribution >= 0.6 is 0 Å². The lowest BCUT2D eigenvalue weighted by molar-refractivity contribution is -0.128. The zero-order chi connectivity index (χ0) is 12.3. The number of carbonyl (C=O) groups excluding carboxylic acids is 2. The molecule has 0 saturated carbocycles. The summed E-state index contributed by atoms with van der Waals surface area (Å²) >= 11 is 0. The number of nitrogens with zero attached hydrogens (tertiary/aromatic N) is 1. The predicted octanol–water partition coefficient (Wildman–Crippen LogP) is 1.78. The smallest absolute Gasteiger partial charge is 0.234 e. The van der Waals surface area contributed by atoms with E-state index in [-0.39, 0.29) is 18.1 Å². The summed E-state index contributed by atoms with van der Waals surface area (Å²) in [6.45, 7) is 2.97. The standard InChI is InChI=1S/C13H15NO3/c1-2-17-12-5-3-4-10(8-12)14-7-6-11(15)9-13(14)16/h3-5,8H,2,6-7,9H2,1H3. The van der Waals surface area contributed by atoms with Gasteiger partial charge in [0.2, 0.25) is 5.91 Å². The molecule has 0 N–H and O–H groups in total. The van der Waals surface area contributed by atoms with Crippen LogP contribution in [-0.2, 0) is 9.59 Å². The van der Waals surface area contributed by atoms with Crippen molar-refractivity contribution in [1.82, 2.24) is 0 Å². The molecule has 4 heteroatoms. The van der Waals surface area contributed by atoms with Crippen molar-refractivity contribution in [2.75, 3.05) is 18.1 Å². The second-order valence-electron chi connectivity index (χ2n) is 3.94. The number of piperidine rings is 1. The van der Waals surface area contributed by atoms with Crippen molar-refractivity contribution in [3.8, 4) is 5.75 Å². The SMILES string of the molecule is CCOc1cccc(N2CCC(=O)CC2=O)c1. The topological polar surface area (TPSA) is 46.6 Å². The highest BCUT2D eigenvalue weighted by Crippen LogP contribution is 2.24. The van der Waals surface area contributed by atoms with Crippen LogP contribution in [0.1, 0.15) is 19.8 Å². The molecule has 17 heavy (non-hydrogen) atoms. The van der Waals surface area contributed by atoms with Crippen LogP contribution in [0.15, 0.2) is 24.3 Å². The number of hydrogen-bond acceptors (Lipinski definition) is 3. The Labute approximate surface area is 100 Å². The van der Waals surface area contributed by atoms with Crippen LogP contribution < -0.4 is 9.64 Å². The first-order chi connectivity index (χ1) is 8.20. The summed E-state index contributed by atoms with van der Waals surface area (Å²) in [5, 5.41) is 0. The summed E-state index contributed by atoms with van der Waals surface area (Å²) in [6.07, 6.45) is 0.448. The second-order valence-corrected chi connectivity index (χ2v) is 3.94. The minimum Gasteiger partial charge on any atom is -0.494 e. The highest BCUT2D eigenvalue weighted by molar-refractivity contribution is 6.08. The lowest BCUT2D eigenvalue weighted by atomic mass is 10.1. The van der Waals surface area contributed by atoms with Gasteiger partial charge in [0.1, 0.15) is 11.5 Å². The molecule has 0 aromatic heterocycles. The van der Waals surface area contributed by atoms with Crippen LogP contribution in [0.4, 0.5) is 5.69 Å². The molecule has 2 rings (SSSR count). The zero-order valence-corrected chi connectivity index (χ0v) is 9.81. The molecule has 90 valence electrons. The van der Waals surface area contributed by atoms with Gasteiger partial charge in [0.15, 0.2) is 0 Å². The Bertz CT molecular complexity index is 442. The third-order valence-corrected chi connectivity index (χ3v) is 2.70. The van der Waals surface area contributed by atoms with Gasteiger partial charge < -0.3 is 9.64 Å². The minimum atomic E-state index is -0.130. The first kappa shape index (κ1) is 11.6. The van der Waals surface area contributed by atoms with E-state index < -0.39 is 0 Å². The molecule has 1 amide bonds. The van der Waals surface area contributed by atoms with Crippen molar-refractivity contribution in [3.05, 3.63) is 24.3 Å². The molecular weight excluding hydrogens is 218 g/mol. The maximum absolute atomic E-state index is 11.7. The molecule has 4 nitrogen and oxygen atoms in total. The number of hydrogen-bond donors (Lipinski definition) is 0. The van der Waals surface area contributed by atoms with Gasteiger partial charge in [0, 0.05) is 24.7 Å². The van der Waals surface area contributed by atoms with Gasteiger partial charge in [-0.3, -0.25) is 9.59 Å². The maximum atomic E-state index is 11.7. The third-order valence-electron chi connectivity index (χ3n) is 2.70. The molecule has 0 atom stereocenters. The Hall–Kier alpha value is -1.84. The van der Waals surface area contributed by atoms with Crippen molar-refractivity contribution in [3.63, 3.8) is 0 Å². The van der Waals surface area contributed by atoms with Crippen molar-refractivity contribution >= 4 is 17.4 Å². The average Bonchev–Trinajstić information content (AvgIpc) is 2.29. The van der Waals surface area contributed by atoms with E-state index in [4.69, 9.17) is 4.74 Å². The van der Waals surface area contributed by atoms with E-state index in [2.05, 4.69) is 0 Å². The molecule has 1 fully saturated rings. The second kappa shape index (κ2) is 4.99. The molecule has 0 radical (unpaired) electrons. The van der Waals surface area contributed by atoms with Crippen LogP contribution in [0.25, 0.3) is 0 Å². The fraction of sp³-hybridized carbons (Fsp3) is 0.385. The maximum Gasteiger partial charge on any atom is 0.234 e. The van der Waals surface area contributed by atoms with E-state index in [1.807, 2.05) is 31.2 Å². The number of ketones is 1. The lowest BCUT2D eigenvalue weighted by Crippen LogP contribution is -2.39. The number of amides is 1. The third kappa shape index (κ3) is 2.64. The van der Waals surface area contributed by atoms with Gasteiger partial charge >= 0.3 is 0 Å². The van der Waals surface area contributed by atoms with Crippen molar-refractivity contribution in [1.29, 1.82) is 0 Å². The number of rotatable bonds is 3. The Morgan fingerprint density at radius 1 is 1.35 bits per heavy atom. The molecule has 1 aromatic rings. The van der Waals surface area contributed by atoms with Gasteiger partial charge in [-0.1, -0.05) is 6.07 Å². The van der Waals surface area contributed by atoms with E-state index in [0.717, 1.165) is 11.4 Å². The average molecular weight is 233 g/mol. The van der Waals surface area contributed by atoms with Crippen molar-refractivity contribution in [2.24, 2.45) is 0 Å². The Morgan fingerprint density at radius 2 is 2.18 bits per heavy atom. The normalized spacial score (nSPS) is 16.2. The summed E-state index contributed by atoms with van der Waals surface area (Å²) in [4.78, 5) is 24.5. The molecule has 0 unspecified atom stereocenters. The Morgan fingerprint density at radius 3 is 2.88 bits per heavy atom. The number of ether oxygens (including phenoxy) is 1. The lowest BCUT2D eigenvalue weighted by Gasteiger charge is -2.26. The van der Waals surface area contributed by atoms with E-state index >= 15 is 0 Å². The number of anilines is 1. The summed E-state index contributed by atoms with van der Waals surface area (Å²) < 4.78 is 5.39. The van der Waals surface area contributed by atoms with Gasteiger partial charge in [0.05, 0.1) is 13.0 Å². The minimum absolute atomic E-state index is 0.0128. The Balaban J connectivity index is 2.18. The molecule has 1 saturated heterocycles. The molecule has 0 spiro atoms. The zero-order valence-electron chi connectivity index (χ0n) is 9.81. The van der Waals surface area contributed by atoms with Crippen LogP contribution in [0.2, 0.25) is 0 Å². The summed E-state index contributed by atoms with van der Waals surface area (Å²) in [5.74, 6) is 0.636. The van der Waals surface area contributed by atoms with Gasteiger partial charge in [0.25, 0.3) is 0 Å². The van der Waals surface area contributed by atoms with Crippen molar-refractivity contribution in [2.45, 2.75) is 19.8 Å². The largest absolute Gasteiger partial charge is 0.494 e. The van der Waals surface area contributed by atoms with Crippen molar-refractivity contribution < 1.29 is 14.3 Å². The highest BCUT2D eigenvalue weighted by Gasteiger charge is 2.24.